The van der Waals surface area contributed by atoms with Crippen molar-refractivity contribution in [2.24, 2.45) is 0 Å². The van der Waals surface area contributed by atoms with E-state index in [1.165, 1.54) is 6.92 Å². The fourth-order valence-electron chi connectivity index (χ4n) is 0.715. The molecule has 7 nitrogen and oxygen atoms in total. The maximum atomic E-state index is 11.1. The zero-order valence-corrected chi connectivity index (χ0v) is 9.32. The molecule has 0 aliphatic rings. The predicted octanol–water partition coefficient (Wildman–Crippen LogP) is -0.464. The van der Waals surface area contributed by atoms with Crippen molar-refractivity contribution in [1.29, 1.82) is 5.26 Å². The summed E-state index contributed by atoms with van der Waals surface area (Å²) in [6, 6.07) is 0.710. The molecule has 0 aliphatic carbocycles. The number of carbonyl (C=O) groups excluding carboxylic acids is 1. The van der Waals surface area contributed by atoms with E-state index >= 15 is 0 Å². The van der Waals surface area contributed by atoms with Crippen molar-refractivity contribution in [3.63, 3.8) is 0 Å². The zero-order chi connectivity index (χ0) is 11.9. The van der Waals surface area contributed by atoms with Crippen LogP contribution in [0.2, 0.25) is 0 Å². The molecule has 0 rings (SSSR count). The molecule has 0 aromatic rings. The summed E-state index contributed by atoms with van der Waals surface area (Å²) in [5.74, 6) is -0.713. The van der Waals surface area contributed by atoms with E-state index in [9.17, 15) is 14.3 Å². The van der Waals surface area contributed by atoms with Crippen LogP contribution in [0.4, 0.5) is 0 Å². The summed E-state index contributed by atoms with van der Waals surface area (Å²) in [5.41, 5.74) is 0. The lowest BCUT2D eigenvalue weighted by atomic mass is 10.4. The molecule has 0 aliphatic heterocycles. The van der Waals surface area contributed by atoms with Gasteiger partial charge in [0, 0.05) is 0 Å². The minimum Gasteiger partial charge on any atom is -0.766 e. The highest BCUT2D eigenvalue weighted by atomic mass is 31.2. The number of nitriles is 1. The van der Waals surface area contributed by atoms with Crippen LogP contribution in [-0.2, 0) is 18.6 Å². The molecule has 15 heavy (non-hydrogen) atoms. The molecule has 0 radical (unpaired) electrons. The Morgan fingerprint density at radius 2 is 2.33 bits per heavy atom. The molecule has 0 spiro atoms. The van der Waals surface area contributed by atoms with Gasteiger partial charge in [-0.25, -0.2) is 5.09 Å². The minimum atomic E-state index is -4.30. The van der Waals surface area contributed by atoms with Crippen LogP contribution in [0.1, 0.15) is 13.3 Å². The first-order valence-electron chi connectivity index (χ1n) is 4.11. The van der Waals surface area contributed by atoms with Crippen LogP contribution in [0.25, 0.3) is 0 Å². The molecule has 0 amide bonds. The van der Waals surface area contributed by atoms with E-state index < -0.39 is 19.8 Å². The summed E-state index contributed by atoms with van der Waals surface area (Å²) in [5, 5.41) is 10.1. The molecule has 0 saturated heterocycles. The monoisotopic (exact) mass is 235 g/mol. The Kier molecular flexibility index (Phi) is 6.13. The van der Waals surface area contributed by atoms with Crippen molar-refractivity contribution in [3.8, 4) is 6.07 Å². The molecule has 8 heteroatoms. The molecule has 86 valence electrons. The quantitative estimate of drug-likeness (QED) is 0.376. The van der Waals surface area contributed by atoms with E-state index in [2.05, 4.69) is 9.26 Å². The van der Waals surface area contributed by atoms with E-state index in [1.54, 1.807) is 6.07 Å². The summed E-state index contributed by atoms with van der Waals surface area (Å²) >= 11 is 0. The molecule has 2 atom stereocenters. The van der Waals surface area contributed by atoms with E-state index in [0.29, 0.717) is 0 Å². The van der Waals surface area contributed by atoms with Crippen LogP contribution < -0.4 is 9.98 Å². The fourth-order valence-corrected chi connectivity index (χ4v) is 1.70. The van der Waals surface area contributed by atoms with Crippen LogP contribution >= 0.6 is 7.75 Å². The van der Waals surface area contributed by atoms with Gasteiger partial charge >= 0.3 is 5.97 Å². The van der Waals surface area contributed by atoms with E-state index in [0.717, 1.165) is 7.11 Å². The predicted molar refractivity (Wildman–Crippen MR) is 48.4 cm³/mol. The van der Waals surface area contributed by atoms with Crippen LogP contribution in [0.3, 0.4) is 0 Å². The van der Waals surface area contributed by atoms with Crippen molar-refractivity contribution >= 4 is 13.7 Å². The van der Waals surface area contributed by atoms with Gasteiger partial charge in [-0.15, -0.1) is 0 Å². The number of methoxy groups -OCH3 is 1. The van der Waals surface area contributed by atoms with E-state index in [1.807, 2.05) is 5.09 Å². The molecule has 0 saturated carbocycles. The first kappa shape index (κ1) is 14.1. The number of nitrogens with one attached hydrogen (secondary N) is 1. The van der Waals surface area contributed by atoms with Crippen LogP contribution in [0.5, 0.6) is 0 Å². The molecule has 0 aromatic heterocycles. The molecule has 0 bridgehead atoms. The number of esters is 1. The zero-order valence-electron chi connectivity index (χ0n) is 8.43. The average Bonchev–Trinajstić information content (AvgIpc) is 2.16. The highest BCUT2D eigenvalue weighted by Gasteiger charge is 2.18. The summed E-state index contributed by atoms with van der Waals surface area (Å²) in [6.07, 6.45) is -0.0412. The largest absolute Gasteiger partial charge is 0.766 e. The van der Waals surface area contributed by atoms with Crippen molar-refractivity contribution in [2.45, 2.75) is 19.4 Å². The fraction of sp³-hybridized carbons (Fsp3) is 0.714. The number of hydrogen-bond donors (Lipinski definition) is 1. The Labute approximate surface area is 87.6 Å². The van der Waals surface area contributed by atoms with Crippen molar-refractivity contribution in [3.05, 3.63) is 0 Å². The highest BCUT2D eigenvalue weighted by Crippen LogP contribution is 2.32. The number of carbonyl (C=O) groups is 1. The van der Waals surface area contributed by atoms with Gasteiger partial charge in [0.15, 0.2) is 0 Å². The van der Waals surface area contributed by atoms with Gasteiger partial charge < -0.3 is 14.2 Å². The first-order valence-corrected chi connectivity index (χ1v) is 5.65. The molecular formula is C7H12N2O5P-. The Bertz CT molecular complexity index is 300. The third kappa shape index (κ3) is 6.20. The molecule has 0 aromatic carbocycles. The van der Waals surface area contributed by atoms with Gasteiger partial charge in [-0.1, -0.05) is 0 Å². The summed E-state index contributed by atoms with van der Waals surface area (Å²) in [7, 11) is -3.15. The summed E-state index contributed by atoms with van der Waals surface area (Å²) in [6.45, 7) is 1.09. The Hall–Kier alpha value is -0.930. The lowest BCUT2D eigenvalue weighted by molar-refractivity contribution is -0.203. The number of nitrogens with zero attached hydrogens (tertiary/aromatic N) is 1. The number of ether oxygens (including phenoxy) is 1. The smallest absolute Gasteiger partial charge is 0.322 e. The SMILES string of the molecule is COC(=O)C(C)NP(=O)([O-])OCCC#N. The van der Waals surface area contributed by atoms with Gasteiger partial charge in [-0.2, -0.15) is 5.26 Å². The van der Waals surface area contributed by atoms with Gasteiger partial charge in [-0.05, 0) is 6.92 Å². The standard InChI is InChI=1S/C7H13N2O5P/c1-6(7(10)13-2)9-15(11,12)14-5-3-4-8/h6H,3,5H2,1-2H3,(H2,9,11,12)/p-1. The number of hydrogen-bond acceptors (Lipinski definition) is 6. The highest BCUT2D eigenvalue weighted by molar-refractivity contribution is 7.49. The Morgan fingerprint density at radius 1 is 1.73 bits per heavy atom. The van der Waals surface area contributed by atoms with E-state index in [-0.39, 0.29) is 13.0 Å². The molecule has 2 unspecified atom stereocenters. The topological polar surface area (TPSA) is 111 Å². The molecule has 0 heterocycles. The minimum absolute atomic E-state index is 0.0412. The second kappa shape index (κ2) is 6.53. The summed E-state index contributed by atoms with van der Waals surface area (Å²) in [4.78, 5) is 22.0. The Morgan fingerprint density at radius 3 is 2.80 bits per heavy atom. The second-order valence-corrected chi connectivity index (χ2v) is 4.12. The summed E-state index contributed by atoms with van der Waals surface area (Å²) < 4.78 is 19.8. The van der Waals surface area contributed by atoms with Gasteiger partial charge in [-0.3, -0.25) is 9.36 Å². The second-order valence-electron chi connectivity index (χ2n) is 2.61. The van der Waals surface area contributed by atoms with Gasteiger partial charge in [0.25, 0.3) is 0 Å². The lowest BCUT2D eigenvalue weighted by Gasteiger charge is -2.26. The first-order chi connectivity index (χ1) is 6.93. The molecule has 1 N–H and O–H groups in total. The van der Waals surface area contributed by atoms with Crippen LogP contribution in [0.15, 0.2) is 0 Å². The maximum absolute atomic E-state index is 11.1. The molecule has 0 fully saturated rings. The molecular weight excluding hydrogens is 223 g/mol. The van der Waals surface area contributed by atoms with Crippen LogP contribution in [-0.4, -0.2) is 25.7 Å². The van der Waals surface area contributed by atoms with Gasteiger partial charge in [0.2, 0.25) is 7.75 Å². The van der Waals surface area contributed by atoms with Crippen molar-refractivity contribution in [2.75, 3.05) is 13.7 Å². The van der Waals surface area contributed by atoms with Gasteiger partial charge in [0.1, 0.15) is 6.04 Å². The van der Waals surface area contributed by atoms with Gasteiger partial charge in [0.05, 0.1) is 26.2 Å². The average molecular weight is 235 g/mol. The van der Waals surface area contributed by atoms with Crippen molar-refractivity contribution < 1.29 is 23.5 Å². The lowest BCUT2D eigenvalue weighted by Crippen LogP contribution is -2.36. The normalized spacial score (nSPS) is 16.1. The maximum Gasteiger partial charge on any atom is 0.322 e. The van der Waals surface area contributed by atoms with E-state index in [4.69, 9.17) is 5.26 Å². The third-order valence-corrected chi connectivity index (χ3v) is 2.61. The number of rotatable bonds is 6. The Balaban J connectivity index is 4.08. The van der Waals surface area contributed by atoms with Crippen molar-refractivity contribution in [1.82, 2.24) is 5.09 Å². The van der Waals surface area contributed by atoms with Crippen LogP contribution in [0, 0.1) is 11.3 Å². The third-order valence-electron chi connectivity index (χ3n) is 1.38.